The lowest BCUT2D eigenvalue weighted by molar-refractivity contribution is 0.551. The molecule has 1 N–H and O–H groups in total. The second-order valence-electron chi connectivity index (χ2n) is 5.94. The van der Waals surface area contributed by atoms with Gasteiger partial charge in [0.1, 0.15) is 16.5 Å². The van der Waals surface area contributed by atoms with Crippen molar-refractivity contribution in [3.63, 3.8) is 0 Å². The highest BCUT2D eigenvalue weighted by atomic mass is 32.2. The molecule has 26 heavy (non-hydrogen) atoms. The normalized spacial score (nSPS) is 14.4. The zero-order valence-corrected chi connectivity index (χ0v) is 14.1. The van der Waals surface area contributed by atoms with Crippen LogP contribution in [-0.2, 0) is 10.0 Å². The van der Waals surface area contributed by atoms with Crippen molar-refractivity contribution < 1.29 is 17.2 Å². The second kappa shape index (κ2) is 6.13. The molecular formula is C16H13F2N5O2S. The van der Waals surface area contributed by atoms with E-state index in [1.54, 1.807) is 22.9 Å². The summed E-state index contributed by atoms with van der Waals surface area (Å²) in [5.74, 6) is -1.48. The van der Waals surface area contributed by atoms with Gasteiger partial charge in [-0.25, -0.2) is 21.9 Å². The van der Waals surface area contributed by atoms with Crippen molar-refractivity contribution in [3.05, 3.63) is 54.1 Å². The molecule has 2 aromatic carbocycles. The van der Waals surface area contributed by atoms with Crippen LogP contribution >= 0.6 is 0 Å². The number of anilines is 1. The maximum absolute atomic E-state index is 13.8. The first-order chi connectivity index (χ1) is 12.4. The third-order valence-corrected chi connectivity index (χ3v) is 5.36. The van der Waals surface area contributed by atoms with Gasteiger partial charge in [-0.1, -0.05) is 12.1 Å². The summed E-state index contributed by atoms with van der Waals surface area (Å²) in [6, 6.07) is 9.02. The monoisotopic (exact) mass is 377 g/mol. The maximum Gasteiger partial charge on any atom is 0.264 e. The van der Waals surface area contributed by atoms with Gasteiger partial charge >= 0.3 is 0 Å². The van der Waals surface area contributed by atoms with E-state index in [1.165, 1.54) is 6.07 Å². The Kier molecular flexibility index (Phi) is 3.91. The largest absolute Gasteiger partial charge is 0.280 e. The molecule has 1 aliphatic rings. The van der Waals surface area contributed by atoms with Crippen LogP contribution in [0.1, 0.15) is 18.9 Å². The Labute approximate surface area is 147 Å². The number of nitrogens with one attached hydrogen (secondary N) is 1. The highest BCUT2D eigenvalue weighted by Gasteiger charge is 2.28. The molecule has 4 rings (SSSR count). The molecule has 0 unspecified atom stereocenters. The predicted octanol–water partition coefficient (Wildman–Crippen LogP) is 2.75. The number of halogens is 2. The summed E-state index contributed by atoms with van der Waals surface area (Å²) < 4.78 is 55.6. The number of benzene rings is 2. The van der Waals surface area contributed by atoms with Crippen LogP contribution in [0.4, 0.5) is 14.5 Å². The third-order valence-electron chi connectivity index (χ3n) is 3.94. The molecule has 0 saturated heterocycles. The summed E-state index contributed by atoms with van der Waals surface area (Å²) >= 11 is 0. The van der Waals surface area contributed by atoms with Gasteiger partial charge < -0.3 is 0 Å². The molecule has 0 bridgehead atoms. The van der Waals surface area contributed by atoms with Crippen molar-refractivity contribution >= 4 is 15.7 Å². The lowest BCUT2D eigenvalue weighted by Crippen LogP contribution is -2.14. The van der Waals surface area contributed by atoms with Crippen molar-refractivity contribution in [2.24, 2.45) is 0 Å². The quantitative estimate of drug-likeness (QED) is 0.738. The molecule has 1 saturated carbocycles. The van der Waals surface area contributed by atoms with Crippen molar-refractivity contribution in [2.75, 3.05) is 4.72 Å². The molecule has 0 amide bonds. The molecule has 0 radical (unpaired) electrons. The molecule has 1 fully saturated rings. The fraction of sp³-hybridized carbons (Fsp3) is 0.188. The fourth-order valence-electron chi connectivity index (χ4n) is 2.57. The smallest absolute Gasteiger partial charge is 0.264 e. The zero-order valence-electron chi connectivity index (χ0n) is 13.3. The lowest BCUT2D eigenvalue weighted by Gasteiger charge is -2.10. The number of sulfonamides is 1. The molecule has 0 atom stereocenters. The first kappa shape index (κ1) is 16.6. The van der Waals surface area contributed by atoms with Gasteiger partial charge in [-0.15, -0.1) is 5.10 Å². The molecule has 3 aromatic rings. The number of aromatic nitrogens is 4. The van der Waals surface area contributed by atoms with Crippen molar-refractivity contribution in [3.8, 4) is 11.4 Å². The number of nitrogens with zero attached hydrogens (tertiary/aromatic N) is 4. The summed E-state index contributed by atoms with van der Waals surface area (Å²) in [5, 5.41) is 11.6. The van der Waals surface area contributed by atoms with E-state index < -0.39 is 26.6 Å². The molecule has 7 nitrogen and oxygen atoms in total. The minimum atomic E-state index is -4.21. The molecule has 10 heteroatoms. The molecule has 0 aliphatic heterocycles. The summed E-state index contributed by atoms with van der Waals surface area (Å²) in [6.45, 7) is 0. The van der Waals surface area contributed by atoms with E-state index in [4.69, 9.17) is 0 Å². The maximum atomic E-state index is 13.8. The summed E-state index contributed by atoms with van der Waals surface area (Å²) in [6.07, 6.45) is 1.99. The van der Waals surface area contributed by atoms with Gasteiger partial charge in [-0.3, -0.25) is 4.72 Å². The Morgan fingerprint density at radius 3 is 2.65 bits per heavy atom. The van der Waals surface area contributed by atoms with Crippen LogP contribution in [0.2, 0.25) is 0 Å². The van der Waals surface area contributed by atoms with E-state index in [0.717, 1.165) is 25.0 Å². The second-order valence-corrected chi connectivity index (χ2v) is 7.59. The minimum Gasteiger partial charge on any atom is -0.280 e. The number of hydrogen-bond acceptors (Lipinski definition) is 5. The van der Waals surface area contributed by atoms with Gasteiger partial charge in [-0.2, -0.15) is 0 Å². The highest BCUT2D eigenvalue weighted by Crippen LogP contribution is 2.37. The van der Waals surface area contributed by atoms with Crippen molar-refractivity contribution in [1.82, 2.24) is 20.2 Å². The third kappa shape index (κ3) is 3.15. The molecule has 1 aromatic heterocycles. The van der Waals surface area contributed by atoms with E-state index in [2.05, 4.69) is 20.2 Å². The first-order valence-corrected chi connectivity index (χ1v) is 9.28. The average Bonchev–Trinajstić information content (AvgIpc) is 3.31. The Morgan fingerprint density at radius 1 is 1.12 bits per heavy atom. The molecular weight excluding hydrogens is 364 g/mol. The minimum absolute atomic E-state index is 0.219. The highest BCUT2D eigenvalue weighted by molar-refractivity contribution is 7.92. The lowest BCUT2D eigenvalue weighted by atomic mass is 10.2. The Hall–Kier alpha value is -2.88. The van der Waals surface area contributed by atoms with Crippen LogP contribution in [0.3, 0.4) is 0 Å². The van der Waals surface area contributed by atoms with Gasteiger partial charge in [0.15, 0.2) is 5.82 Å². The van der Waals surface area contributed by atoms with Crippen LogP contribution in [0.5, 0.6) is 0 Å². The van der Waals surface area contributed by atoms with Gasteiger partial charge in [-0.05, 0) is 47.5 Å². The number of rotatable bonds is 5. The van der Waals surface area contributed by atoms with Gasteiger partial charge in [0.05, 0.1) is 6.04 Å². The van der Waals surface area contributed by atoms with E-state index in [0.29, 0.717) is 17.5 Å². The Balaban J connectivity index is 1.65. The predicted molar refractivity (Wildman–Crippen MR) is 88.7 cm³/mol. The Bertz CT molecular complexity index is 1080. The fourth-order valence-corrected chi connectivity index (χ4v) is 3.68. The van der Waals surface area contributed by atoms with E-state index in [9.17, 15) is 17.2 Å². The number of tetrazole rings is 1. The standard InChI is InChI=1S/C16H13F2N5O2S/c17-11-4-7-15(14(18)9-11)26(24,25)20-12-3-1-2-10(8-12)16-19-21-22-23(16)13-5-6-13/h1-4,7-9,13,20H,5-6H2. The molecule has 1 aliphatic carbocycles. The molecule has 0 spiro atoms. The van der Waals surface area contributed by atoms with Crippen LogP contribution in [0.25, 0.3) is 11.4 Å². The van der Waals surface area contributed by atoms with Crippen molar-refractivity contribution in [1.29, 1.82) is 0 Å². The first-order valence-electron chi connectivity index (χ1n) is 7.80. The molecule has 1 heterocycles. The number of hydrogen-bond donors (Lipinski definition) is 1. The van der Waals surface area contributed by atoms with Crippen LogP contribution in [0, 0.1) is 11.6 Å². The van der Waals surface area contributed by atoms with E-state index in [1.807, 2.05) is 0 Å². The van der Waals surface area contributed by atoms with Gasteiger partial charge in [0.2, 0.25) is 0 Å². The SMILES string of the molecule is O=S(=O)(Nc1cccc(-c2nnnn2C2CC2)c1)c1ccc(F)cc1F. The van der Waals surface area contributed by atoms with Crippen LogP contribution in [-0.4, -0.2) is 28.6 Å². The van der Waals surface area contributed by atoms with Crippen LogP contribution < -0.4 is 4.72 Å². The van der Waals surface area contributed by atoms with Crippen LogP contribution in [0.15, 0.2) is 47.4 Å². The summed E-state index contributed by atoms with van der Waals surface area (Å²) in [7, 11) is -4.21. The average molecular weight is 377 g/mol. The summed E-state index contributed by atoms with van der Waals surface area (Å²) in [5.41, 5.74) is 0.846. The van der Waals surface area contributed by atoms with Crippen molar-refractivity contribution in [2.45, 2.75) is 23.8 Å². The molecule has 134 valence electrons. The van der Waals surface area contributed by atoms with E-state index in [-0.39, 0.29) is 11.7 Å². The summed E-state index contributed by atoms with van der Waals surface area (Å²) in [4.78, 5) is -0.632. The van der Waals surface area contributed by atoms with E-state index >= 15 is 0 Å². The van der Waals surface area contributed by atoms with Gasteiger partial charge in [0, 0.05) is 17.3 Å². The zero-order chi connectivity index (χ0) is 18.3. The topological polar surface area (TPSA) is 89.8 Å². The van der Waals surface area contributed by atoms with Gasteiger partial charge in [0.25, 0.3) is 10.0 Å². The Morgan fingerprint density at radius 2 is 1.92 bits per heavy atom.